The quantitative estimate of drug-likeness (QED) is 0.538. The van der Waals surface area contributed by atoms with Crippen LogP contribution in [0.3, 0.4) is 0 Å². The van der Waals surface area contributed by atoms with Crippen LogP contribution in [0.15, 0.2) is 71.6 Å². The van der Waals surface area contributed by atoms with E-state index < -0.39 is 6.04 Å². The van der Waals surface area contributed by atoms with Crippen LogP contribution < -0.4 is 5.32 Å². The number of carbonyl (C=O) groups is 2. The molecule has 32 heavy (non-hydrogen) atoms. The predicted molar refractivity (Wildman–Crippen MR) is 122 cm³/mol. The summed E-state index contributed by atoms with van der Waals surface area (Å²) in [4.78, 5) is 32.7. The standard InChI is InChI=1S/C25H26ClN3O3/c26-21-10-5-4-7-19(21)17-29(25(31)22-11-6-16-32-22)23(18-12-14-27-15-13-18)24(30)28-20-8-2-1-3-9-20/h4-7,10-16,20,23H,1-3,8-9,17H2,(H,28,30)/t23-/m0/s1. The number of benzene rings is 1. The van der Waals surface area contributed by atoms with E-state index in [1.165, 1.54) is 17.6 Å². The molecular weight excluding hydrogens is 426 g/mol. The molecule has 166 valence electrons. The minimum Gasteiger partial charge on any atom is -0.459 e. The number of nitrogens with one attached hydrogen (secondary N) is 1. The first-order chi connectivity index (χ1) is 15.6. The Hall–Kier alpha value is -3.12. The van der Waals surface area contributed by atoms with Crippen molar-refractivity contribution in [3.63, 3.8) is 0 Å². The fourth-order valence-electron chi connectivity index (χ4n) is 4.18. The van der Waals surface area contributed by atoms with Crippen molar-refractivity contribution in [2.24, 2.45) is 0 Å². The van der Waals surface area contributed by atoms with E-state index in [1.807, 2.05) is 18.2 Å². The van der Waals surface area contributed by atoms with Gasteiger partial charge in [-0.3, -0.25) is 14.6 Å². The van der Waals surface area contributed by atoms with Crippen LogP contribution >= 0.6 is 11.6 Å². The van der Waals surface area contributed by atoms with Gasteiger partial charge >= 0.3 is 0 Å². The first-order valence-electron chi connectivity index (χ1n) is 10.9. The summed E-state index contributed by atoms with van der Waals surface area (Å²) < 4.78 is 5.39. The maximum atomic E-state index is 13.6. The van der Waals surface area contributed by atoms with E-state index in [0.29, 0.717) is 10.6 Å². The SMILES string of the molecule is O=C(NC1CCCCC1)[C@H](c1ccncc1)N(Cc1ccccc1Cl)C(=O)c1ccco1. The lowest BCUT2D eigenvalue weighted by Crippen LogP contribution is -2.46. The van der Waals surface area contributed by atoms with Gasteiger partial charge in [-0.15, -0.1) is 0 Å². The molecule has 0 spiro atoms. The molecule has 0 aliphatic heterocycles. The molecule has 2 aromatic heterocycles. The van der Waals surface area contributed by atoms with Gasteiger partial charge in [0.1, 0.15) is 6.04 Å². The van der Waals surface area contributed by atoms with E-state index in [0.717, 1.165) is 31.2 Å². The van der Waals surface area contributed by atoms with Gasteiger partial charge in [-0.2, -0.15) is 0 Å². The van der Waals surface area contributed by atoms with Crippen molar-refractivity contribution in [2.75, 3.05) is 0 Å². The average molecular weight is 452 g/mol. The number of aromatic nitrogens is 1. The maximum absolute atomic E-state index is 13.6. The molecule has 1 aliphatic carbocycles. The Labute approximate surface area is 192 Å². The summed E-state index contributed by atoms with van der Waals surface area (Å²) >= 11 is 6.41. The zero-order valence-corrected chi connectivity index (χ0v) is 18.5. The summed E-state index contributed by atoms with van der Waals surface area (Å²) in [6, 6.07) is 13.4. The van der Waals surface area contributed by atoms with Gasteiger partial charge in [0.25, 0.3) is 5.91 Å². The third-order valence-corrected chi connectivity index (χ3v) is 6.19. The fourth-order valence-corrected chi connectivity index (χ4v) is 4.37. The molecule has 6 nitrogen and oxygen atoms in total. The van der Waals surface area contributed by atoms with Crippen molar-refractivity contribution in [3.05, 3.63) is 89.1 Å². The molecule has 0 bridgehead atoms. The van der Waals surface area contributed by atoms with Crippen molar-refractivity contribution >= 4 is 23.4 Å². The summed E-state index contributed by atoms with van der Waals surface area (Å²) in [6.45, 7) is 0.157. The Morgan fingerprint density at radius 1 is 1.06 bits per heavy atom. The molecule has 3 aromatic rings. The Morgan fingerprint density at radius 2 is 1.81 bits per heavy atom. The monoisotopic (exact) mass is 451 g/mol. The normalized spacial score (nSPS) is 15.2. The number of carbonyl (C=O) groups excluding carboxylic acids is 2. The van der Waals surface area contributed by atoms with Gasteiger partial charge in [0.05, 0.1) is 6.26 Å². The first kappa shape index (κ1) is 22.1. The van der Waals surface area contributed by atoms with Gasteiger partial charge < -0.3 is 14.6 Å². The average Bonchev–Trinajstić information content (AvgIpc) is 3.36. The van der Waals surface area contributed by atoms with E-state index in [-0.39, 0.29) is 30.2 Å². The van der Waals surface area contributed by atoms with Gasteiger partial charge in [0, 0.05) is 30.0 Å². The lowest BCUT2D eigenvalue weighted by molar-refractivity contribution is -0.127. The van der Waals surface area contributed by atoms with Crippen LogP contribution in [0.2, 0.25) is 5.02 Å². The minimum atomic E-state index is -0.853. The van der Waals surface area contributed by atoms with Crippen molar-refractivity contribution in [1.29, 1.82) is 0 Å². The maximum Gasteiger partial charge on any atom is 0.290 e. The Balaban J connectivity index is 1.72. The Morgan fingerprint density at radius 3 is 2.50 bits per heavy atom. The van der Waals surface area contributed by atoms with Crippen molar-refractivity contribution in [3.8, 4) is 0 Å². The number of nitrogens with zero attached hydrogens (tertiary/aromatic N) is 2. The summed E-state index contributed by atoms with van der Waals surface area (Å²) in [5.41, 5.74) is 1.43. The summed E-state index contributed by atoms with van der Waals surface area (Å²) in [5.74, 6) is -0.424. The third kappa shape index (κ3) is 5.19. The van der Waals surface area contributed by atoms with Crippen LogP contribution in [0.25, 0.3) is 0 Å². The predicted octanol–water partition coefficient (Wildman–Crippen LogP) is 5.16. The molecule has 4 rings (SSSR count). The molecule has 1 saturated carbocycles. The van der Waals surface area contributed by atoms with Gasteiger partial charge in [0.15, 0.2) is 5.76 Å². The van der Waals surface area contributed by atoms with Crippen LogP contribution in [-0.4, -0.2) is 27.7 Å². The van der Waals surface area contributed by atoms with Crippen LogP contribution in [0, 0.1) is 0 Å². The van der Waals surface area contributed by atoms with Crippen molar-refractivity contribution in [1.82, 2.24) is 15.2 Å². The molecule has 1 aromatic carbocycles. The fraction of sp³-hybridized carbons (Fsp3) is 0.320. The highest BCUT2D eigenvalue weighted by atomic mass is 35.5. The van der Waals surface area contributed by atoms with Crippen LogP contribution in [0.5, 0.6) is 0 Å². The van der Waals surface area contributed by atoms with Gasteiger partial charge in [0.2, 0.25) is 5.91 Å². The van der Waals surface area contributed by atoms with Crippen molar-refractivity contribution < 1.29 is 14.0 Å². The largest absolute Gasteiger partial charge is 0.459 e. The zero-order chi connectivity index (χ0) is 22.3. The van der Waals surface area contributed by atoms with E-state index in [9.17, 15) is 9.59 Å². The number of hydrogen-bond donors (Lipinski definition) is 1. The number of rotatable bonds is 7. The molecule has 7 heteroatoms. The van der Waals surface area contributed by atoms with Crippen LogP contribution in [-0.2, 0) is 11.3 Å². The summed E-state index contributed by atoms with van der Waals surface area (Å²) in [6.07, 6.45) is 9.98. The van der Waals surface area contributed by atoms with Crippen LogP contribution in [0.1, 0.15) is 59.8 Å². The molecule has 1 aliphatic rings. The number of pyridine rings is 1. The minimum absolute atomic E-state index is 0.112. The van der Waals surface area contributed by atoms with Gasteiger partial charge in [-0.05, 0) is 54.3 Å². The van der Waals surface area contributed by atoms with Crippen molar-refractivity contribution in [2.45, 2.75) is 50.7 Å². The topological polar surface area (TPSA) is 75.4 Å². The second-order valence-electron chi connectivity index (χ2n) is 8.03. The van der Waals surface area contributed by atoms with E-state index >= 15 is 0 Å². The third-order valence-electron chi connectivity index (χ3n) is 5.82. The second-order valence-corrected chi connectivity index (χ2v) is 8.44. The second kappa shape index (κ2) is 10.5. The summed E-state index contributed by atoms with van der Waals surface area (Å²) in [7, 11) is 0. The highest BCUT2D eigenvalue weighted by molar-refractivity contribution is 6.31. The molecule has 2 amide bonds. The molecule has 1 N–H and O–H groups in total. The Bertz CT molecular complexity index is 1030. The van der Waals surface area contributed by atoms with E-state index in [4.69, 9.17) is 16.0 Å². The lowest BCUT2D eigenvalue weighted by Gasteiger charge is -2.33. The highest BCUT2D eigenvalue weighted by Gasteiger charge is 2.34. The first-order valence-corrected chi connectivity index (χ1v) is 11.3. The Kier molecular flexibility index (Phi) is 7.22. The molecule has 0 unspecified atom stereocenters. The number of amides is 2. The van der Waals surface area contributed by atoms with Crippen LogP contribution in [0.4, 0.5) is 0 Å². The molecule has 1 atom stereocenters. The highest BCUT2D eigenvalue weighted by Crippen LogP contribution is 2.29. The van der Waals surface area contributed by atoms with Gasteiger partial charge in [-0.1, -0.05) is 49.1 Å². The number of hydrogen-bond acceptors (Lipinski definition) is 4. The summed E-state index contributed by atoms with van der Waals surface area (Å²) in [5, 5.41) is 3.71. The number of furan rings is 1. The lowest BCUT2D eigenvalue weighted by atomic mass is 9.94. The van der Waals surface area contributed by atoms with E-state index in [2.05, 4.69) is 10.3 Å². The molecule has 2 heterocycles. The smallest absolute Gasteiger partial charge is 0.290 e. The zero-order valence-electron chi connectivity index (χ0n) is 17.7. The van der Waals surface area contributed by atoms with E-state index in [1.54, 1.807) is 42.7 Å². The number of halogens is 1. The molecule has 0 radical (unpaired) electrons. The molecule has 1 fully saturated rings. The van der Waals surface area contributed by atoms with Gasteiger partial charge in [-0.25, -0.2) is 0 Å². The molecular formula is C25H26ClN3O3. The molecule has 0 saturated heterocycles.